The minimum Gasteiger partial charge on any atom is -0.445 e. The van der Waals surface area contributed by atoms with Gasteiger partial charge < -0.3 is 9.64 Å². The lowest BCUT2D eigenvalue weighted by molar-refractivity contribution is 0.0769. The van der Waals surface area contributed by atoms with Crippen molar-refractivity contribution in [2.45, 2.75) is 51.2 Å². The molecular weight excluding hydrogens is 228 g/mol. The van der Waals surface area contributed by atoms with Gasteiger partial charge in [0.25, 0.3) is 0 Å². The first-order valence-corrected chi connectivity index (χ1v) is 7.06. The maximum absolute atomic E-state index is 11.6. The Balaban J connectivity index is 1.98. The van der Waals surface area contributed by atoms with E-state index in [4.69, 9.17) is 4.74 Å². The van der Waals surface area contributed by atoms with E-state index in [1.54, 1.807) is 14.1 Å². The van der Waals surface area contributed by atoms with E-state index < -0.39 is 0 Å². The first-order valence-electron chi connectivity index (χ1n) is 7.06. The van der Waals surface area contributed by atoms with E-state index in [0.29, 0.717) is 11.5 Å². The maximum atomic E-state index is 11.6. The lowest BCUT2D eigenvalue weighted by atomic mass is 9.85. The topological polar surface area (TPSA) is 32.8 Å². The molecule has 0 radical (unpaired) electrons. The van der Waals surface area contributed by atoms with Crippen LogP contribution in [-0.2, 0) is 4.74 Å². The molecule has 2 aliphatic rings. The van der Waals surface area contributed by atoms with Crippen molar-refractivity contribution in [3.05, 3.63) is 0 Å². The molecule has 0 spiro atoms. The zero-order chi connectivity index (χ0) is 13.3. The van der Waals surface area contributed by atoms with Gasteiger partial charge in [0, 0.05) is 32.6 Å². The van der Waals surface area contributed by atoms with Crippen molar-refractivity contribution in [1.82, 2.24) is 9.80 Å². The lowest BCUT2D eigenvalue weighted by Gasteiger charge is -2.33. The summed E-state index contributed by atoms with van der Waals surface area (Å²) in [4.78, 5) is 15.7. The Labute approximate surface area is 110 Å². The fourth-order valence-corrected chi connectivity index (χ4v) is 3.65. The lowest BCUT2D eigenvalue weighted by Crippen LogP contribution is -2.39. The number of amides is 1. The van der Waals surface area contributed by atoms with Crippen LogP contribution >= 0.6 is 0 Å². The Morgan fingerprint density at radius 2 is 2.22 bits per heavy atom. The van der Waals surface area contributed by atoms with E-state index in [0.717, 1.165) is 13.0 Å². The summed E-state index contributed by atoms with van der Waals surface area (Å²) >= 11 is 0. The van der Waals surface area contributed by atoms with E-state index in [9.17, 15) is 4.79 Å². The van der Waals surface area contributed by atoms with Gasteiger partial charge in [-0.1, -0.05) is 13.8 Å². The molecule has 2 fully saturated rings. The summed E-state index contributed by atoms with van der Waals surface area (Å²) in [7, 11) is 3.48. The minimum atomic E-state index is -0.208. The van der Waals surface area contributed by atoms with Gasteiger partial charge in [0.1, 0.15) is 6.10 Å². The third-order valence-corrected chi connectivity index (χ3v) is 4.19. The second-order valence-electron chi connectivity index (χ2n) is 6.48. The molecule has 4 heteroatoms. The Morgan fingerprint density at radius 3 is 2.83 bits per heavy atom. The Morgan fingerprint density at radius 1 is 1.50 bits per heavy atom. The van der Waals surface area contributed by atoms with Crippen LogP contribution in [0.3, 0.4) is 0 Å². The fourth-order valence-electron chi connectivity index (χ4n) is 3.65. The summed E-state index contributed by atoms with van der Waals surface area (Å²) in [5.41, 5.74) is 0.311. The predicted octanol–water partition coefficient (Wildman–Crippen LogP) is 2.34. The van der Waals surface area contributed by atoms with Gasteiger partial charge in [0.2, 0.25) is 0 Å². The predicted molar refractivity (Wildman–Crippen MR) is 71.6 cm³/mol. The van der Waals surface area contributed by atoms with Gasteiger partial charge in [-0.25, -0.2) is 4.79 Å². The van der Waals surface area contributed by atoms with Gasteiger partial charge in [-0.2, -0.15) is 0 Å². The number of hydrogen-bond acceptors (Lipinski definition) is 3. The van der Waals surface area contributed by atoms with E-state index in [2.05, 4.69) is 18.7 Å². The van der Waals surface area contributed by atoms with Crippen LogP contribution in [0.1, 0.15) is 39.5 Å². The van der Waals surface area contributed by atoms with Crippen molar-refractivity contribution in [3.8, 4) is 0 Å². The molecule has 2 rings (SSSR count). The fraction of sp³-hybridized carbons (Fsp3) is 0.929. The van der Waals surface area contributed by atoms with Crippen LogP contribution in [0.2, 0.25) is 0 Å². The third-order valence-electron chi connectivity index (χ3n) is 4.19. The van der Waals surface area contributed by atoms with Crippen LogP contribution in [0.25, 0.3) is 0 Å². The van der Waals surface area contributed by atoms with Gasteiger partial charge in [0.05, 0.1) is 0 Å². The molecule has 0 saturated carbocycles. The van der Waals surface area contributed by atoms with Crippen LogP contribution in [0.5, 0.6) is 0 Å². The van der Waals surface area contributed by atoms with Crippen molar-refractivity contribution < 1.29 is 9.53 Å². The Bertz CT molecular complexity index is 317. The van der Waals surface area contributed by atoms with E-state index in [1.807, 2.05) is 0 Å². The normalized spacial score (nSPS) is 31.7. The van der Waals surface area contributed by atoms with Crippen molar-refractivity contribution in [1.29, 1.82) is 0 Å². The van der Waals surface area contributed by atoms with Gasteiger partial charge in [0.15, 0.2) is 0 Å². The molecule has 2 heterocycles. The van der Waals surface area contributed by atoms with Crippen molar-refractivity contribution in [3.63, 3.8) is 0 Å². The summed E-state index contributed by atoms with van der Waals surface area (Å²) in [5.74, 6) is 0.703. The summed E-state index contributed by atoms with van der Waals surface area (Å²) in [5, 5.41) is 0. The average Bonchev–Trinajstić information content (AvgIpc) is 2.72. The third kappa shape index (κ3) is 2.63. The molecule has 2 atom stereocenters. The molecule has 18 heavy (non-hydrogen) atoms. The molecule has 0 N–H and O–H groups in total. The number of ether oxygens (including phenoxy) is 1. The van der Waals surface area contributed by atoms with Crippen LogP contribution in [0, 0.1) is 5.92 Å². The SMILES string of the molecule is CC(C)C[C@@]12CCCN1C[C@H](OC(=O)N(C)C)C2. The Hall–Kier alpha value is -0.770. The van der Waals surface area contributed by atoms with Crippen molar-refractivity contribution >= 4 is 6.09 Å². The van der Waals surface area contributed by atoms with Crippen LogP contribution in [-0.4, -0.2) is 54.7 Å². The Kier molecular flexibility index (Phi) is 3.85. The largest absolute Gasteiger partial charge is 0.445 e. The number of fused-ring (bicyclic) bond motifs is 1. The molecule has 0 aromatic rings. The molecule has 0 aliphatic carbocycles. The van der Waals surface area contributed by atoms with Gasteiger partial charge in [-0.3, -0.25) is 4.90 Å². The van der Waals surface area contributed by atoms with E-state index in [1.165, 1.54) is 30.7 Å². The second-order valence-corrected chi connectivity index (χ2v) is 6.48. The molecule has 1 amide bonds. The van der Waals surface area contributed by atoms with Crippen LogP contribution < -0.4 is 0 Å². The highest BCUT2D eigenvalue weighted by atomic mass is 16.6. The summed E-state index contributed by atoms with van der Waals surface area (Å²) in [6.07, 6.45) is 4.68. The van der Waals surface area contributed by atoms with Crippen LogP contribution in [0.15, 0.2) is 0 Å². The first kappa shape index (κ1) is 13.7. The minimum absolute atomic E-state index is 0.0824. The average molecular weight is 254 g/mol. The molecule has 0 bridgehead atoms. The van der Waals surface area contributed by atoms with Crippen molar-refractivity contribution in [2.75, 3.05) is 27.2 Å². The number of rotatable bonds is 3. The molecule has 0 aromatic heterocycles. The van der Waals surface area contributed by atoms with Crippen molar-refractivity contribution in [2.24, 2.45) is 5.92 Å². The highest BCUT2D eigenvalue weighted by Crippen LogP contribution is 2.44. The van der Waals surface area contributed by atoms with Gasteiger partial charge >= 0.3 is 6.09 Å². The molecule has 2 aliphatic heterocycles. The number of carbonyl (C=O) groups is 1. The smallest absolute Gasteiger partial charge is 0.409 e. The molecule has 4 nitrogen and oxygen atoms in total. The summed E-state index contributed by atoms with van der Waals surface area (Å²) < 4.78 is 5.56. The summed E-state index contributed by atoms with van der Waals surface area (Å²) in [6, 6.07) is 0. The standard InChI is InChI=1S/C14H26N2O2/c1-11(2)8-14-6-5-7-16(14)10-12(9-14)18-13(17)15(3)4/h11-12H,5-10H2,1-4H3/t12-,14-/m1/s1. The van der Waals surface area contributed by atoms with Gasteiger partial charge in [-0.15, -0.1) is 0 Å². The van der Waals surface area contributed by atoms with E-state index in [-0.39, 0.29) is 12.2 Å². The first-order chi connectivity index (χ1) is 8.43. The highest BCUT2D eigenvalue weighted by Gasteiger charge is 2.49. The zero-order valence-corrected chi connectivity index (χ0v) is 12.1. The monoisotopic (exact) mass is 254 g/mol. The summed E-state index contributed by atoms with van der Waals surface area (Å²) in [6.45, 7) is 6.66. The van der Waals surface area contributed by atoms with E-state index >= 15 is 0 Å². The maximum Gasteiger partial charge on any atom is 0.409 e. The van der Waals surface area contributed by atoms with Crippen LogP contribution in [0.4, 0.5) is 4.79 Å². The quantitative estimate of drug-likeness (QED) is 0.775. The molecule has 2 saturated heterocycles. The van der Waals surface area contributed by atoms with Gasteiger partial charge in [-0.05, 0) is 31.7 Å². The second kappa shape index (κ2) is 5.08. The zero-order valence-electron chi connectivity index (χ0n) is 12.1. The molecule has 0 unspecified atom stereocenters. The molecular formula is C14H26N2O2. The highest BCUT2D eigenvalue weighted by molar-refractivity contribution is 5.67. The number of carbonyl (C=O) groups excluding carboxylic acids is 1. The molecule has 0 aromatic carbocycles. The molecule has 104 valence electrons. The number of nitrogens with zero attached hydrogens (tertiary/aromatic N) is 2. The number of hydrogen-bond donors (Lipinski definition) is 0.